The van der Waals surface area contributed by atoms with Gasteiger partial charge in [-0.2, -0.15) is 5.26 Å². The van der Waals surface area contributed by atoms with E-state index in [0.717, 1.165) is 0 Å². The molecular weight excluding hydrogens is 242 g/mol. The summed E-state index contributed by atoms with van der Waals surface area (Å²) in [5, 5.41) is 11.7. The van der Waals surface area contributed by atoms with Gasteiger partial charge in [0.25, 0.3) is 5.91 Å². The van der Waals surface area contributed by atoms with E-state index in [1.165, 1.54) is 0 Å². The second-order valence-electron chi connectivity index (χ2n) is 3.69. The van der Waals surface area contributed by atoms with Gasteiger partial charge in [-0.25, -0.2) is 0 Å². The van der Waals surface area contributed by atoms with Crippen LogP contribution < -0.4 is 15.8 Å². The van der Waals surface area contributed by atoms with Crippen LogP contribution in [0.25, 0.3) is 0 Å². The first-order valence-electron chi connectivity index (χ1n) is 5.01. The number of halogens is 1. The van der Waals surface area contributed by atoms with Crippen LogP contribution in [0.3, 0.4) is 0 Å². The smallest absolute Gasteiger partial charge is 0.267 e. The minimum Gasteiger partial charge on any atom is -0.477 e. The number of benzene rings is 1. The molecule has 6 heteroatoms. The summed E-state index contributed by atoms with van der Waals surface area (Å²) in [4.78, 5) is 11.7. The predicted molar refractivity (Wildman–Crippen MR) is 62.7 cm³/mol. The van der Waals surface area contributed by atoms with Crippen molar-refractivity contribution in [1.82, 2.24) is 0 Å². The second kappa shape index (κ2) is 4.62. The van der Waals surface area contributed by atoms with E-state index in [4.69, 9.17) is 27.3 Å². The fourth-order valence-corrected chi connectivity index (χ4v) is 1.75. The molecule has 3 N–H and O–H groups in total. The summed E-state index contributed by atoms with van der Waals surface area (Å²) in [7, 11) is 0. The average Bonchev–Trinajstić information content (AvgIpc) is 2.29. The lowest BCUT2D eigenvalue weighted by Gasteiger charge is -2.28. The number of hydrogen-bond donors (Lipinski definition) is 2. The molecule has 1 aliphatic heterocycles. The van der Waals surface area contributed by atoms with E-state index in [1.54, 1.807) is 18.2 Å². The molecule has 1 aromatic rings. The van der Waals surface area contributed by atoms with Gasteiger partial charge < -0.3 is 15.8 Å². The van der Waals surface area contributed by atoms with Crippen molar-refractivity contribution >= 4 is 23.2 Å². The molecule has 0 bridgehead atoms. The summed E-state index contributed by atoms with van der Waals surface area (Å²) in [5.74, 6) is 0.123. The van der Waals surface area contributed by atoms with Crippen LogP contribution in [0.1, 0.15) is 6.42 Å². The molecule has 88 valence electrons. The minimum absolute atomic E-state index is 0.0496. The van der Waals surface area contributed by atoms with Crippen molar-refractivity contribution in [3.8, 4) is 11.8 Å². The zero-order valence-electron chi connectivity index (χ0n) is 8.81. The molecule has 0 saturated carbocycles. The Morgan fingerprint density at radius 1 is 1.65 bits per heavy atom. The third kappa shape index (κ3) is 2.33. The number of nitrogens with zero attached hydrogens (tertiary/aromatic N) is 1. The first-order valence-corrected chi connectivity index (χ1v) is 5.39. The van der Waals surface area contributed by atoms with Crippen molar-refractivity contribution in [3.63, 3.8) is 0 Å². The Labute approximate surface area is 103 Å². The number of nitrogens with one attached hydrogen (secondary N) is 1. The topological polar surface area (TPSA) is 88.1 Å². The Bertz CT molecular complexity index is 498. The first kappa shape index (κ1) is 11.7. The number of anilines is 1. The summed E-state index contributed by atoms with van der Waals surface area (Å²) >= 11 is 5.83. The van der Waals surface area contributed by atoms with Crippen LogP contribution in [-0.2, 0) is 4.79 Å². The quantitative estimate of drug-likeness (QED) is 0.829. The summed E-state index contributed by atoms with van der Waals surface area (Å²) in [6.45, 7) is 0. The highest BCUT2D eigenvalue weighted by Gasteiger charge is 2.32. The molecule has 1 unspecified atom stereocenters. The summed E-state index contributed by atoms with van der Waals surface area (Å²) in [6, 6.07) is 6.16. The largest absolute Gasteiger partial charge is 0.477 e. The number of carbonyl (C=O) groups excluding carboxylic acids is 1. The lowest BCUT2D eigenvalue weighted by molar-refractivity contribution is -0.124. The first-order chi connectivity index (χ1) is 8.11. The fourth-order valence-electron chi connectivity index (χ4n) is 1.59. The number of rotatable bonds is 2. The molecule has 2 atom stereocenters. The van der Waals surface area contributed by atoms with E-state index in [-0.39, 0.29) is 12.3 Å². The normalized spacial score (nSPS) is 19.6. The van der Waals surface area contributed by atoms with Crippen LogP contribution in [0.2, 0.25) is 5.02 Å². The zero-order valence-corrected chi connectivity index (χ0v) is 9.57. The van der Waals surface area contributed by atoms with E-state index in [9.17, 15) is 4.79 Å². The third-order valence-electron chi connectivity index (χ3n) is 2.43. The molecule has 1 aromatic carbocycles. The molecule has 0 saturated heterocycles. The fraction of sp³-hybridized carbons (Fsp3) is 0.273. The Morgan fingerprint density at radius 3 is 3.12 bits per heavy atom. The average molecular weight is 252 g/mol. The van der Waals surface area contributed by atoms with Crippen molar-refractivity contribution < 1.29 is 9.53 Å². The summed E-state index contributed by atoms with van der Waals surface area (Å²) in [5.41, 5.74) is 6.26. The van der Waals surface area contributed by atoms with Gasteiger partial charge in [0, 0.05) is 11.1 Å². The van der Waals surface area contributed by atoms with Crippen molar-refractivity contribution in [2.45, 2.75) is 18.6 Å². The Morgan fingerprint density at radius 2 is 2.41 bits per heavy atom. The van der Waals surface area contributed by atoms with Crippen LogP contribution in [-0.4, -0.2) is 18.1 Å². The van der Waals surface area contributed by atoms with Crippen LogP contribution in [0.4, 0.5) is 5.69 Å². The molecule has 1 heterocycles. The number of carbonyl (C=O) groups is 1. The summed E-state index contributed by atoms with van der Waals surface area (Å²) in [6.07, 6.45) is -0.811. The van der Waals surface area contributed by atoms with Crippen molar-refractivity contribution in [2.24, 2.45) is 5.73 Å². The third-order valence-corrected chi connectivity index (χ3v) is 2.66. The number of amides is 1. The molecule has 0 radical (unpaired) electrons. The van der Waals surface area contributed by atoms with E-state index in [1.807, 2.05) is 6.07 Å². The number of fused-ring (bicyclic) bond motifs is 1. The van der Waals surface area contributed by atoms with Gasteiger partial charge in [-0.05, 0) is 12.1 Å². The van der Waals surface area contributed by atoms with Crippen LogP contribution in [0.5, 0.6) is 5.75 Å². The van der Waals surface area contributed by atoms with Gasteiger partial charge in [0.15, 0.2) is 6.10 Å². The molecule has 1 aliphatic rings. The van der Waals surface area contributed by atoms with E-state index >= 15 is 0 Å². The number of nitriles is 1. The molecule has 5 nitrogen and oxygen atoms in total. The molecule has 1 amide bonds. The van der Waals surface area contributed by atoms with Gasteiger partial charge in [-0.3, -0.25) is 4.79 Å². The number of nitrogens with two attached hydrogens (primary N) is 1. The number of hydrogen-bond acceptors (Lipinski definition) is 4. The molecule has 0 fully saturated rings. The highest BCUT2D eigenvalue weighted by Crippen LogP contribution is 2.32. The van der Waals surface area contributed by atoms with Crippen molar-refractivity contribution in [3.05, 3.63) is 23.2 Å². The predicted octanol–water partition coefficient (Wildman–Crippen LogP) is 1.28. The molecule has 0 aromatic heterocycles. The van der Waals surface area contributed by atoms with Crippen LogP contribution >= 0.6 is 11.6 Å². The molecule has 0 spiro atoms. The Hall–Kier alpha value is -1.77. The Balaban J connectivity index is 2.26. The molecular formula is C11H10ClN3O2. The van der Waals surface area contributed by atoms with Crippen LogP contribution in [0, 0.1) is 11.3 Å². The van der Waals surface area contributed by atoms with Crippen molar-refractivity contribution in [1.29, 1.82) is 5.26 Å². The van der Waals surface area contributed by atoms with Gasteiger partial charge in [0.1, 0.15) is 5.75 Å². The lowest BCUT2D eigenvalue weighted by Crippen LogP contribution is -2.49. The van der Waals surface area contributed by atoms with Crippen molar-refractivity contribution in [2.75, 3.05) is 5.32 Å². The molecule has 0 aliphatic carbocycles. The van der Waals surface area contributed by atoms with E-state index in [0.29, 0.717) is 16.5 Å². The van der Waals surface area contributed by atoms with Gasteiger partial charge in [0.05, 0.1) is 24.2 Å². The SMILES string of the molecule is N#CCC(N)[C@@H]1Oc2cc(Cl)ccc2NC1=O. The Kier molecular flexibility index (Phi) is 3.18. The monoisotopic (exact) mass is 251 g/mol. The molecule has 2 rings (SSSR count). The van der Waals surface area contributed by atoms with Gasteiger partial charge >= 0.3 is 0 Å². The van der Waals surface area contributed by atoms with E-state index < -0.39 is 12.1 Å². The highest BCUT2D eigenvalue weighted by molar-refractivity contribution is 6.30. The summed E-state index contributed by atoms with van der Waals surface area (Å²) < 4.78 is 5.47. The second-order valence-corrected chi connectivity index (χ2v) is 4.13. The minimum atomic E-state index is -0.861. The lowest BCUT2D eigenvalue weighted by atomic mass is 10.1. The maximum absolute atomic E-state index is 11.7. The van der Waals surface area contributed by atoms with Gasteiger partial charge in [-0.15, -0.1) is 0 Å². The maximum Gasteiger partial charge on any atom is 0.267 e. The van der Waals surface area contributed by atoms with E-state index in [2.05, 4.69) is 5.32 Å². The number of ether oxygens (including phenoxy) is 1. The standard InChI is InChI=1S/C11H10ClN3O2/c12-6-1-2-8-9(5-6)17-10(11(16)15-8)7(14)3-4-13/h1-2,5,7,10H,3,14H2,(H,15,16)/t7?,10-/m0/s1. The molecule has 17 heavy (non-hydrogen) atoms. The van der Waals surface area contributed by atoms with Gasteiger partial charge in [-0.1, -0.05) is 11.6 Å². The highest BCUT2D eigenvalue weighted by atomic mass is 35.5. The zero-order chi connectivity index (χ0) is 12.4. The van der Waals surface area contributed by atoms with Crippen LogP contribution in [0.15, 0.2) is 18.2 Å². The van der Waals surface area contributed by atoms with Gasteiger partial charge in [0.2, 0.25) is 0 Å². The maximum atomic E-state index is 11.7.